The molecule has 0 fully saturated rings. The maximum absolute atomic E-state index is 10.4. The molecule has 2 rings (SSSR count). The van der Waals surface area contributed by atoms with E-state index in [9.17, 15) is 4.79 Å². The zero-order valence-electron chi connectivity index (χ0n) is 6.88. The van der Waals surface area contributed by atoms with Crippen LogP contribution in [0.3, 0.4) is 0 Å². The summed E-state index contributed by atoms with van der Waals surface area (Å²) in [6, 6.07) is 1.79. The highest BCUT2D eigenvalue weighted by Gasteiger charge is 1.98. The molecule has 0 aliphatic heterocycles. The molecule has 0 bridgehead atoms. The summed E-state index contributed by atoms with van der Waals surface area (Å²) in [7, 11) is 0. The van der Waals surface area contributed by atoms with Crippen LogP contribution >= 0.6 is 11.3 Å². The molecule has 0 amide bonds. The molecule has 2 aromatic rings. The van der Waals surface area contributed by atoms with Crippen LogP contribution in [0.4, 0.5) is 0 Å². The molecule has 2 heterocycles. The molecule has 0 atom stereocenters. The molecule has 0 aliphatic carbocycles. The zero-order chi connectivity index (χ0) is 9.10. The van der Waals surface area contributed by atoms with Crippen LogP contribution in [0.15, 0.2) is 30.0 Å². The fourth-order valence-corrected chi connectivity index (χ4v) is 1.74. The standard InChI is InChI=1S/C9H8N2OS/c12-7-8-1-3-11(5-8)6-9-10-2-4-13-9/h1-5,7H,6H2. The van der Waals surface area contributed by atoms with Gasteiger partial charge in [0, 0.05) is 29.5 Å². The quantitative estimate of drug-likeness (QED) is 0.695. The van der Waals surface area contributed by atoms with E-state index >= 15 is 0 Å². The Bertz CT molecular complexity index is 391. The Morgan fingerprint density at radius 2 is 2.54 bits per heavy atom. The lowest BCUT2D eigenvalue weighted by atomic mass is 10.4. The third-order valence-electron chi connectivity index (χ3n) is 1.71. The Kier molecular flexibility index (Phi) is 2.23. The topological polar surface area (TPSA) is 34.9 Å². The van der Waals surface area contributed by atoms with Crippen molar-refractivity contribution in [2.45, 2.75) is 6.54 Å². The van der Waals surface area contributed by atoms with Crippen molar-refractivity contribution < 1.29 is 4.79 Å². The van der Waals surface area contributed by atoms with Crippen molar-refractivity contribution in [1.29, 1.82) is 0 Å². The van der Waals surface area contributed by atoms with Crippen LogP contribution in [-0.4, -0.2) is 15.8 Å². The average Bonchev–Trinajstić information content (AvgIpc) is 2.76. The van der Waals surface area contributed by atoms with Gasteiger partial charge in [0.1, 0.15) is 5.01 Å². The van der Waals surface area contributed by atoms with E-state index in [0.717, 1.165) is 17.8 Å². The van der Waals surface area contributed by atoms with Crippen molar-refractivity contribution in [3.8, 4) is 0 Å². The van der Waals surface area contributed by atoms with Crippen LogP contribution in [0.2, 0.25) is 0 Å². The lowest BCUT2D eigenvalue weighted by molar-refractivity contribution is 0.112. The minimum absolute atomic E-state index is 0.705. The average molecular weight is 192 g/mol. The van der Waals surface area contributed by atoms with Crippen molar-refractivity contribution in [3.05, 3.63) is 40.6 Å². The third kappa shape index (κ3) is 1.84. The van der Waals surface area contributed by atoms with Crippen LogP contribution in [0, 0.1) is 0 Å². The first-order chi connectivity index (χ1) is 6.38. The first kappa shape index (κ1) is 8.19. The molecule has 0 radical (unpaired) electrons. The van der Waals surface area contributed by atoms with Crippen molar-refractivity contribution in [2.24, 2.45) is 0 Å². The van der Waals surface area contributed by atoms with Crippen molar-refractivity contribution in [1.82, 2.24) is 9.55 Å². The van der Waals surface area contributed by atoms with Gasteiger partial charge in [0.05, 0.1) is 6.54 Å². The largest absolute Gasteiger partial charge is 0.347 e. The van der Waals surface area contributed by atoms with E-state index in [1.165, 1.54) is 0 Å². The minimum Gasteiger partial charge on any atom is -0.347 e. The Morgan fingerprint density at radius 1 is 1.62 bits per heavy atom. The van der Waals surface area contributed by atoms with Gasteiger partial charge < -0.3 is 4.57 Å². The van der Waals surface area contributed by atoms with E-state index < -0.39 is 0 Å². The second-order valence-electron chi connectivity index (χ2n) is 2.66. The molecular weight excluding hydrogens is 184 g/mol. The number of rotatable bonds is 3. The van der Waals surface area contributed by atoms with Crippen LogP contribution in [-0.2, 0) is 6.54 Å². The molecular formula is C9H8N2OS. The normalized spacial score (nSPS) is 10.2. The Labute approximate surface area is 79.7 Å². The SMILES string of the molecule is O=Cc1ccn(Cc2nccs2)c1. The molecule has 0 spiro atoms. The maximum Gasteiger partial charge on any atom is 0.151 e. The number of thiazole rings is 1. The first-order valence-corrected chi connectivity index (χ1v) is 4.76. The molecule has 0 N–H and O–H groups in total. The highest BCUT2D eigenvalue weighted by molar-refractivity contribution is 7.09. The van der Waals surface area contributed by atoms with Gasteiger partial charge in [0.15, 0.2) is 6.29 Å². The van der Waals surface area contributed by atoms with Crippen LogP contribution in [0.25, 0.3) is 0 Å². The smallest absolute Gasteiger partial charge is 0.151 e. The number of nitrogens with zero attached hydrogens (tertiary/aromatic N) is 2. The predicted molar refractivity (Wildman–Crippen MR) is 51.0 cm³/mol. The van der Waals surface area contributed by atoms with Gasteiger partial charge in [0.2, 0.25) is 0 Å². The van der Waals surface area contributed by atoms with E-state index in [1.54, 1.807) is 23.6 Å². The summed E-state index contributed by atoms with van der Waals surface area (Å²) in [6.45, 7) is 0.742. The van der Waals surface area contributed by atoms with E-state index in [4.69, 9.17) is 0 Å². The molecule has 0 aliphatic rings. The monoisotopic (exact) mass is 192 g/mol. The Balaban J connectivity index is 2.14. The molecule has 3 nitrogen and oxygen atoms in total. The number of carbonyl (C=O) groups excluding carboxylic acids is 1. The molecule has 0 saturated heterocycles. The summed E-state index contributed by atoms with van der Waals surface area (Å²) in [5.74, 6) is 0. The van der Waals surface area contributed by atoms with Gasteiger partial charge in [0.25, 0.3) is 0 Å². The van der Waals surface area contributed by atoms with Gasteiger partial charge in [-0.2, -0.15) is 0 Å². The number of hydrogen-bond donors (Lipinski definition) is 0. The number of aldehydes is 1. The van der Waals surface area contributed by atoms with Gasteiger partial charge in [-0.1, -0.05) is 0 Å². The first-order valence-electron chi connectivity index (χ1n) is 3.88. The van der Waals surface area contributed by atoms with Crippen LogP contribution < -0.4 is 0 Å². The third-order valence-corrected chi connectivity index (χ3v) is 2.48. The van der Waals surface area contributed by atoms with Crippen molar-refractivity contribution >= 4 is 17.6 Å². The highest BCUT2D eigenvalue weighted by Crippen LogP contribution is 2.07. The number of aromatic nitrogens is 2. The molecule has 4 heteroatoms. The maximum atomic E-state index is 10.4. The summed E-state index contributed by atoms with van der Waals surface area (Å²) in [5, 5.41) is 2.99. The number of hydrogen-bond acceptors (Lipinski definition) is 3. The molecule has 0 saturated carbocycles. The highest BCUT2D eigenvalue weighted by atomic mass is 32.1. The summed E-state index contributed by atoms with van der Waals surface area (Å²) in [6.07, 6.45) is 6.32. The van der Waals surface area contributed by atoms with E-state index in [0.29, 0.717) is 5.56 Å². The van der Waals surface area contributed by atoms with Crippen LogP contribution in [0.1, 0.15) is 15.4 Å². The van der Waals surface area contributed by atoms with Crippen molar-refractivity contribution in [3.63, 3.8) is 0 Å². The Morgan fingerprint density at radius 3 is 3.15 bits per heavy atom. The predicted octanol–water partition coefficient (Wildman–Crippen LogP) is 1.81. The fraction of sp³-hybridized carbons (Fsp3) is 0.111. The van der Waals surface area contributed by atoms with E-state index in [2.05, 4.69) is 4.98 Å². The van der Waals surface area contributed by atoms with Gasteiger partial charge >= 0.3 is 0 Å². The minimum atomic E-state index is 0.705. The van der Waals surface area contributed by atoms with E-state index in [-0.39, 0.29) is 0 Å². The summed E-state index contributed by atoms with van der Waals surface area (Å²) in [4.78, 5) is 14.6. The molecule has 2 aromatic heterocycles. The number of carbonyl (C=O) groups is 1. The van der Waals surface area contributed by atoms with Gasteiger partial charge in [-0.05, 0) is 6.07 Å². The summed E-state index contributed by atoms with van der Waals surface area (Å²) < 4.78 is 1.95. The molecule has 0 unspecified atom stereocenters. The van der Waals surface area contributed by atoms with Crippen molar-refractivity contribution in [2.75, 3.05) is 0 Å². The molecule has 0 aromatic carbocycles. The Hall–Kier alpha value is -1.42. The second kappa shape index (κ2) is 3.53. The lowest BCUT2D eigenvalue weighted by Gasteiger charge is -1.96. The summed E-state index contributed by atoms with van der Waals surface area (Å²) >= 11 is 1.61. The second-order valence-corrected chi connectivity index (χ2v) is 3.64. The van der Waals surface area contributed by atoms with Crippen LogP contribution in [0.5, 0.6) is 0 Å². The zero-order valence-corrected chi connectivity index (χ0v) is 7.70. The lowest BCUT2D eigenvalue weighted by Crippen LogP contribution is -1.94. The summed E-state index contributed by atoms with van der Waals surface area (Å²) in [5.41, 5.74) is 0.705. The molecule has 13 heavy (non-hydrogen) atoms. The van der Waals surface area contributed by atoms with Gasteiger partial charge in [-0.15, -0.1) is 11.3 Å². The van der Waals surface area contributed by atoms with Gasteiger partial charge in [-0.3, -0.25) is 4.79 Å². The van der Waals surface area contributed by atoms with E-state index in [1.807, 2.05) is 22.3 Å². The van der Waals surface area contributed by atoms with Gasteiger partial charge in [-0.25, -0.2) is 4.98 Å². The fourth-order valence-electron chi connectivity index (χ4n) is 1.11. The molecule has 66 valence electrons.